The number of carbonyl (C=O) groups is 1. The maximum absolute atomic E-state index is 11.1. The molecule has 0 saturated heterocycles. The lowest BCUT2D eigenvalue weighted by Crippen LogP contribution is -2.29. The van der Waals surface area contributed by atoms with Gasteiger partial charge in [-0.3, -0.25) is 10.2 Å². The maximum Gasteiger partial charge on any atom is 0.275 e. The average molecular weight is 183 g/mol. The molecule has 0 bridgehead atoms. The number of fused-ring (bicyclic) bond motifs is 1. The highest BCUT2D eigenvalue weighted by molar-refractivity contribution is 7.14. The first-order chi connectivity index (χ1) is 5.81. The number of carbonyl (C=O) groups excluding carboxylic acids is 1. The minimum Gasteiger partial charge on any atom is -0.308 e. The van der Waals surface area contributed by atoms with Crippen LogP contribution in [0.1, 0.15) is 20.1 Å². The van der Waals surface area contributed by atoms with Gasteiger partial charge >= 0.3 is 0 Å². The van der Waals surface area contributed by atoms with Gasteiger partial charge in [0.05, 0.1) is 4.88 Å². The molecule has 0 unspecified atom stereocenters. The van der Waals surface area contributed by atoms with Crippen molar-refractivity contribution in [2.24, 2.45) is 5.84 Å². The van der Waals surface area contributed by atoms with E-state index < -0.39 is 0 Å². The molecule has 0 atom stereocenters. The number of nitrogen functional groups attached to an aromatic ring is 1. The van der Waals surface area contributed by atoms with Crippen LogP contribution in [0.15, 0.2) is 6.07 Å². The third-order valence-corrected chi connectivity index (χ3v) is 3.03. The Balaban J connectivity index is 2.31. The van der Waals surface area contributed by atoms with Crippen molar-refractivity contribution in [3.05, 3.63) is 21.4 Å². The highest BCUT2D eigenvalue weighted by Crippen LogP contribution is 2.25. The van der Waals surface area contributed by atoms with Crippen LogP contribution < -0.4 is 16.6 Å². The lowest BCUT2D eigenvalue weighted by molar-refractivity contribution is 0.0957. The molecule has 0 fully saturated rings. The van der Waals surface area contributed by atoms with Gasteiger partial charge in [-0.25, -0.2) is 5.84 Å². The zero-order chi connectivity index (χ0) is 8.55. The molecule has 1 aliphatic rings. The van der Waals surface area contributed by atoms with Crippen LogP contribution >= 0.6 is 11.3 Å². The zero-order valence-electron chi connectivity index (χ0n) is 6.39. The Labute approximate surface area is 73.7 Å². The number of nitrogens with one attached hydrogen (secondary N) is 2. The van der Waals surface area contributed by atoms with E-state index in [0.717, 1.165) is 13.1 Å². The maximum atomic E-state index is 11.1. The van der Waals surface area contributed by atoms with Crippen molar-refractivity contribution in [1.82, 2.24) is 10.7 Å². The van der Waals surface area contributed by atoms with Gasteiger partial charge in [-0.1, -0.05) is 0 Å². The van der Waals surface area contributed by atoms with E-state index in [1.807, 2.05) is 6.07 Å². The van der Waals surface area contributed by atoms with Crippen LogP contribution in [0.3, 0.4) is 0 Å². The average Bonchev–Trinajstić information content (AvgIpc) is 2.60. The first-order valence-corrected chi connectivity index (χ1v) is 4.46. The molecule has 1 aromatic rings. The first kappa shape index (κ1) is 7.72. The highest BCUT2D eigenvalue weighted by Gasteiger charge is 2.16. The summed E-state index contributed by atoms with van der Waals surface area (Å²) in [6.45, 7) is 1.74. The molecule has 1 aliphatic heterocycles. The second kappa shape index (κ2) is 2.85. The summed E-state index contributed by atoms with van der Waals surface area (Å²) in [6, 6.07) is 1.89. The molecule has 2 heterocycles. The topological polar surface area (TPSA) is 67.1 Å². The van der Waals surface area contributed by atoms with Crippen LogP contribution in [0.4, 0.5) is 0 Å². The molecule has 64 valence electrons. The summed E-state index contributed by atoms with van der Waals surface area (Å²) in [6.07, 6.45) is 0. The van der Waals surface area contributed by atoms with Gasteiger partial charge in [0, 0.05) is 18.0 Å². The molecule has 0 aromatic carbocycles. The Morgan fingerprint density at radius 1 is 1.67 bits per heavy atom. The van der Waals surface area contributed by atoms with Crippen molar-refractivity contribution in [2.45, 2.75) is 13.1 Å². The summed E-state index contributed by atoms with van der Waals surface area (Å²) in [4.78, 5) is 13.0. The van der Waals surface area contributed by atoms with Crippen molar-refractivity contribution in [2.75, 3.05) is 0 Å². The van der Waals surface area contributed by atoms with Gasteiger partial charge in [-0.2, -0.15) is 0 Å². The molecule has 4 N–H and O–H groups in total. The summed E-state index contributed by atoms with van der Waals surface area (Å²) in [5.74, 6) is 4.81. The molecule has 12 heavy (non-hydrogen) atoms. The molecule has 0 saturated carbocycles. The van der Waals surface area contributed by atoms with Crippen LogP contribution in [0.5, 0.6) is 0 Å². The lowest BCUT2D eigenvalue weighted by atomic mass is 10.3. The molecule has 1 aromatic heterocycles. The van der Waals surface area contributed by atoms with Crippen LogP contribution in [0.25, 0.3) is 0 Å². The van der Waals surface area contributed by atoms with Crippen LogP contribution in [-0.2, 0) is 13.1 Å². The van der Waals surface area contributed by atoms with Gasteiger partial charge in [0.1, 0.15) is 0 Å². The van der Waals surface area contributed by atoms with Crippen molar-refractivity contribution in [3.8, 4) is 0 Å². The smallest absolute Gasteiger partial charge is 0.275 e. The predicted octanol–water partition coefficient (Wildman–Crippen LogP) is -0.0452. The lowest BCUT2D eigenvalue weighted by Gasteiger charge is -1.93. The van der Waals surface area contributed by atoms with Crippen LogP contribution in [-0.4, -0.2) is 5.91 Å². The minimum absolute atomic E-state index is 0.200. The molecule has 0 aliphatic carbocycles. The SMILES string of the molecule is NNC(=O)c1cc2c(s1)CNC2. The van der Waals surface area contributed by atoms with E-state index in [0.29, 0.717) is 4.88 Å². The van der Waals surface area contributed by atoms with Gasteiger partial charge in [-0.15, -0.1) is 11.3 Å². The Morgan fingerprint density at radius 2 is 2.50 bits per heavy atom. The Kier molecular flexibility index (Phi) is 1.84. The number of rotatable bonds is 1. The third-order valence-electron chi connectivity index (χ3n) is 1.85. The summed E-state index contributed by atoms with van der Waals surface area (Å²) in [5, 5.41) is 3.20. The van der Waals surface area contributed by atoms with Gasteiger partial charge in [-0.05, 0) is 11.6 Å². The normalized spacial score (nSPS) is 14.4. The van der Waals surface area contributed by atoms with Crippen molar-refractivity contribution >= 4 is 17.2 Å². The number of hydrogen-bond acceptors (Lipinski definition) is 4. The predicted molar refractivity (Wildman–Crippen MR) is 46.5 cm³/mol. The highest BCUT2D eigenvalue weighted by atomic mass is 32.1. The molecule has 0 spiro atoms. The van der Waals surface area contributed by atoms with Crippen molar-refractivity contribution in [1.29, 1.82) is 0 Å². The van der Waals surface area contributed by atoms with Gasteiger partial charge in [0.15, 0.2) is 0 Å². The monoisotopic (exact) mass is 183 g/mol. The Hall–Kier alpha value is -0.910. The molecule has 1 amide bonds. The van der Waals surface area contributed by atoms with Gasteiger partial charge in [0.2, 0.25) is 0 Å². The summed E-state index contributed by atoms with van der Waals surface area (Å²) < 4.78 is 0. The second-order valence-electron chi connectivity index (χ2n) is 2.64. The fraction of sp³-hybridized carbons (Fsp3) is 0.286. The standard InChI is InChI=1S/C7H9N3OS/c8-10-7(11)5-1-4-2-9-3-6(4)12-5/h1,9H,2-3,8H2,(H,10,11). The molecule has 0 radical (unpaired) electrons. The number of hydrazine groups is 1. The number of nitrogens with two attached hydrogens (primary N) is 1. The van der Waals surface area contributed by atoms with E-state index in [1.165, 1.54) is 21.8 Å². The fourth-order valence-electron chi connectivity index (χ4n) is 1.26. The number of amides is 1. The molecule has 5 heteroatoms. The number of hydrogen-bond donors (Lipinski definition) is 3. The quantitative estimate of drug-likeness (QED) is 0.325. The van der Waals surface area contributed by atoms with E-state index in [-0.39, 0.29) is 5.91 Å². The third kappa shape index (κ3) is 1.12. The summed E-state index contributed by atoms with van der Waals surface area (Å²) >= 11 is 1.50. The molecule has 2 rings (SSSR count). The Morgan fingerprint density at radius 3 is 3.17 bits per heavy atom. The largest absolute Gasteiger partial charge is 0.308 e. The van der Waals surface area contributed by atoms with Crippen LogP contribution in [0, 0.1) is 0 Å². The van der Waals surface area contributed by atoms with Gasteiger partial charge < -0.3 is 5.32 Å². The van der Waals surface area contributed by atoms with E-state index >= 15 is 0 Å². The van der Waals surface area contributed by atoms with Crippen molar-refractivity contribution in [3.63, 3.8) is 0 Å². The van der Waals surface area contributed by atoms with Crippen LogP contribution in [0.2, 0.25) is 0 Å². The van der Waals surface area contributed by atoms with E-state index in [2.05, 4.69) is 10.7 Å². The molecule has 4 nitrogen and oxygen atoms in total. The van der Waals surface area contributed by atoms with E-state index in [1.54, 1.807) is 0 Å². The van der Waals surface area contributed by atoms with E-state index in [9.17, 15) is 4.79 Å². The Bertz CT molecular complexity index is 299. The van der Waals surface area contributed by atoms with Crippen molar-refractivity contribution < 1.29 is 4.79 Å². The summed E-state index contributed by atoms with van der Waals surface area (Å²) in [5.41, 5.74) is 3.34. The minimum atomic E-state index is -0.200. The molecular weight excluding hydrogens is 174 g/mol. The second-order valence-corrected chi connectivity index (χ2v) is 3.77. The van der Waals surface area contributed by atoms with E-state index in [4.69, 9.17) is 5.84 Å². The zero-order valence-corrected chi connectivity index (χ0v) is 7.20. The summed E-state index contributed by atoms with van der Waals surface area (Å²) in [7, 11) is 0. The number of thiophene rings is 1. The van der Waals surface area contributed by atoms with Gasteiger partial charge in [0.25, 0.3) is 5.91 Å². The first-order valence-electron chi connectivity index (χ1n) is 3.64. The molecular formula is C7H9N3OS. The fourth-order valence-corrected chi connectivity index (χ4v) is 2.31.